The fraction of sp³-hybridized carbons (Fsp3) is 0.333. The molecule has 0 bridgehead atoms. The minimum atomic E-state index is -0.179. The molecule has 0 unspecified atom stereocenters. The van der Waals surface area contributed by atoms with Gasteiger partial charge in [0.2, 0.25) is 0 Å². The van der Waals surface area contributed by atoms with E-state index >= 15 is 0 Å². The topological polar surface area (TPSA) is 52.7 Å². The van der Waals surface area contributed by atoms with Gasteiger partial charge in [-0.15, -0.1) is 0 Å². The molecule has 5 nitrogen and oxygen atoms in total. The molecule has 0 aliphatic carbocycles. The summed E-state index contributed by atoms with van der Waals surface area (Å²) in [5.41, 5.74) is 3.56. The van der Waals surface area contributed by atoms with Crippen LogP contribution in [0.25, 0.3) is 0 Å². The number of benzene rings is 2. The Kier molecular flexibility index (Phi) is 6.39. The van der Waals surface area contributed by atoms with Crippen molar-refractivity contribution in [1.29, 1.82) is 0 Å². The summed E-state index contributed by atoms with van der Waals surface area (Å²) >= 11 is 0. The van der Waals surface area contributed by atoms with Crippen LogP contribution in [0.2, 0.25) is 0 Å². The Morgan fingerprint density at radius 2 is 1.62 bits per heavy atom. The average Bonchev–Trinajstić information content (AvgIpc) is 2.62. The highest BCUT2D eigenvalue weighted by Crippen LogP contribution is 2.25. The molecule has 0 aliphatic rings. The van der Waals surface area contributed by atoms with Crippen LogP contribution >= 0.6 is 0 Å². The summed E-state index contributed by atoms with van der Waals surface area (Å²) in [5.74, 6) is -0.215. The summed E-state index contributed by atoms with van der Waals surface area (Å²) in [6.07, 6.45) is 0. The van der Waals surface area contributed by atoms with Crippen molar-refractivity contribution in [3.8, 4) is 0 Å². The maximum Gasteiger partial charge on any atom is 0.256 e. The van der Waals surface area contributed by atoms with Crippen molar-refractivity contribution in [2.75, 3.05) is 37.4 Å². The minimum absolute atomic E-state index is 0.0364. The van der Waals surface area contributed by atoms with Crippen LogP contribution in [0.5, 0.6) is 0 Å². The highest BCUT2D eigenvalue weighted by molar-refractivity contribution is 6.07. The van der Waals surface area contributed by atoms with Crippen molar-refractivity contribution >= 4 is 23.2 Å². The molecule has 138 valence electrons. The summed E-state index contributed by atoms with van der Waals surface area (Å²) < 4.78 is 0. The van der Waals surface area contributed by atoms with Gasteiger partial charge in [0.1, 0.15) is 0 Å². The van der Waals surface area contributed by atoms with Crippen LogP contribution in [0.15, 0.2) is 42.5 Å². The molecule has 1 N–H and O–H groups in total. The van der Waals surface area contributed by atoms with Crippen LogP contribution in [0.1, 0.15) is 40.1 Å². The Morgan fingerprint density at radius 1 is 0.962 bits per heavy atom. The Labute approximate surface area is 155 Å². The molecule has 0 aromatic heterocycles. The monoisotopic (exact) mass is 353 g/mol. The lowest BCUT2D eigenvalue weighted by molar-refractivity contribution is 0.0773. The molecule has 0 saturated heterocycles. The molecule has 2 aromatic rings. The zero-order valence-corrected chi connectivity index (χ0v) is 16.2. The molecular weight excluding hydrogens is 326 g/mol. The molecule has 0 atom stereocenters. The van der Waals surface area contributed by atoms with E-state index in [-0.39, 0.29) is 11.8 Å². The molecule has 0 fully saturated rings. The van der Waals surface area contributed by atoms with E-state index in [2.05, 4.69) is 5.32 Å². The van der Waals surface area contributed by atoms with E-state index in [0.717, 1.165) is 11.3 Å². The number of hydrogen-bond donors (Lipinski definition) is 1. The maximum atomic E-state index is 12.9. The van der Waals surface area contributed by atoms with Gasteiger partial charge < -0.3 is 15.1 Å². The lowest BCUT2D eigenvalue weighted by Crippen LogP contribution is -2.31. The van der Waals surface area contributed by atoms with E-state index in [1.165, 1.54) is 0 Å². The molecule has 0 radical (unpaired) electrons. The third kappa shape index (κ3) is 4.23. The number of nitrogens with zero attached hydrogens (tertiary/aromatic N) is 2. The van der Waals surface area contributed by atoms with Gasteiger partial charge in [-0.25, -0.2) is 0 Å². The second kappa shape index (κ2) is 8.52. The molecule has 0 aliphatic heterocycles. The van der Waals surface area contributed by atoms with Gasteiger partial charge in [0.15, 0.2) is 0 Å². The third-order valence-corrected chi connectivity index (χ3v) is 4.41. The number of carbonyl (C=O) groups excluding carboxylic acids is 2. The first-order chi connectivity index (χ1) is 12.4. The van der Waals surface area contributed by atoms with E-state index < -0.39 is 0 Å². The van der Waals surface area contributed by atoms with Crippen molar-refractivity contribution < 1.29 is 9.59 Å². The van der Waals surface area contributed by atoms with Gasteiger partial charge in [0, 0.05) is 44.1 Å². The third-order valence-electron chi connectivity index (χ3n) is 4.41. The summed E-state index contributed by atoms with van der Waals surface area (Å²) in [6.45, 7) is 7.10. The van der Waals surface area contributed by atoms with Crippen LogP contribution in [0.4, 0.5) is 11.4 Å². The van der Waals surface area contributed by atoms with Crippen molar-refractivity contribution in [1.82, 2.24) is 4.90 Å². The molecule has 2 rings (SSSR count). The summed E-state index contributed by atoms with van der Waals surface area (Å²) in [7, 11) is 3.81. The normalized spacial score (nSPS) is 10.3. The largest absolute Gasteiger partial charge is 0.377 e. The van der Waals surface area contributed by atoms with Crippen LogP contribution in [-0.4, -0.2) is 43.9 Å². The first-order valence-electron chi connectivity index (χ1n) is 8.86. The molecule has 0 heterocycles. The fourth-order valence-electron chi connectivity index (χ4n) is 2.88. The molecule has 2 amide bonds. The molecule has 0 spiro atoms. The lowest BCUT2D eigenvalue weighted by atomic mass is 10.1. The summed E-state index contributed by atoms with van der Waals surface area (Å²) in [5, 5.41) is 2.91. The number of carbonyl (C=O) groups is 2. The van der Waals surface area contributed by atoms with Crippen molar-refractivity contribution in [3.05, 3.63) is 59.2 Å². The van der Waals surface area contributed by atoms with Crippen molar-refractivity contribution in [2.45, 2.75) is 20.8 Å². The van der Waals surface area contributed by atoms with E-state index in [1.54, 1.807) is 17.0 Å². The molecule has 2 aromatic carbocycles. The van der Waals surface area contributed by atoms with E-state index in [9.17, 15) is 9.59 Å². The van der Waals surface area contributed by atoms with E-state index in [4.69, 9.17) is 0 Å². The number of rotatable bonds is 6. The van der Waals surface area contributed by atoms with E-state index in [1.807, 2.05) is 70.1 Å². The van der Waals surface area contributed by atoms with Gasteiger partial charge in [-0.2, -0.15) is 0 Å². The first-order valence-corrected chi connectivity index (χ1v) is 8.86. The predicted molar refractivity (Wildman–Crippen MR) is 107 cm³/mol. The number of aryl methyl sites for hydroxylation is 1. The second-order valence-electron chi connectivity index (χ2n) is 6.37. The number of hydrogen-bond acceptors (Lipinski definition) is 3. The van der Waals surface area contributed by atoms with Gasteiger partial charge in [0.25, 0.3) is 11.8 Å². The molecule has 26 heavy (non-hydrogen) atoms. The Hall–Kier alpha value is -2.82. The molecule has 0 saturated carbocycles. The molecular formula is C21H27N3O2. The van der Waals surface area contributed by atoms with Crippen LogP contribution in [-0.2, 0) is 0 Å². The highest BCUT2D eigenvalue weighted by atomic mass is 16.2. The molecule has 5 heteroatoms. The zero-order chi connectivity index (χ0) is 19.3. The standard InChI is InChI=1S/C21H27N3O2/c1-6-24(7-2)21(26)18-14-16(12-13-19(18)23(4)5)22-20(25)17-11-9-8-10-15(17)3/h8-14H,6-7H2,1-5H3,(H,22,25). The van der Waals surface area contributed by atoms with Gasteiger partial charge in [-0.05, 0) is 50.6 Å². The quantitative estimate of drug-likeness (QED) is 0.859. The predicted octanol–water partition coefficient (Wildman–Crippen LogP) is 3.80. The zero-order valence-electron chi connectivity index (χ0n) is 16.2. The second-order valence-corrected chi connectivity index (χ2v) is 6.37. The highest BCUT2D eigenvalue weighted by Gasteiger charge is 2.19. The van der Waals surface area contributed by atoms with Gasteiger partial charge >= 0.3 is 0 Å². The van der Waals surface area contributed by atoms with Gasteiger partial charge in [0.05, 0.1) is 5.56 Å². The average molecular weight is 353 g/mol. The Balaban J connectivity index is 2.36. The van der Waals surface area contributed by atoms with Crippen LogP contribution in [0.3, 0.4) is 0 Å². The number of nitrogens with one attached hydrogen (secondary N) is 1. The van der Waals surface area contributed by atoms with Crippen molar-refractivity contribution in [2.24, 2.45) is 0 Å². The smallest absolute Gasteiger partial charge is 0.256 e. The Bertz CT molecular complexity index is 796. The van der Waals surface area contributed by atoms with Gasteiger partial charge in [-0.1, -0.05) is 18.2 Å². The van der Waals surface area contributed by atoms with E-state index in [0.29, 0.717) is 29.9 Å². The number of amides is 2. The first kappa shape index (κ1) is 19.5. The number of anilines is 2. The Morgan fingerprint density at radius 3 is 2.19 bits per heavy atom. The maximum absolute atomic E-state index is 12.9. The van der Waals surface area contributed by atoms with Crippen LogP contribution < -0.4 is 10.2 Å². The fourth-order valence-corrected chi connectivity index (χ4v) is 2.88. The van der Waals surface area contributed by atoms with Gasteiger partial charge in [-0.3, -0.25) is 9.59 Å². The van der Waals surface area contributed by atoms with Crippen molar-refractivity contribution in [3.63, 3.8) is 0 Å². The SMILES string of the molecule is CCN(CC)C(=O)c1cc(NC(=O)c2ccccc2C)ccc1N(C)C. The minimum Gasteiger partial charge on any atom is -0.377 e. The summed E-state index contributed by atoms with van der Waals surface area (Å²) in [6, 6.07) is 12.9. The summed E-state index contributed by atoms with van der Waals surface area (Å²) in [4.78, 5) is 29.1. The van der Waals surface area contributed by atoms with Crippen LogP contribution in [0, 0.1) is 6.92 Å². The lowest BCUT2D eigenvalue weighted by Gasteiger charge is -2.23.